The summed E-state index contributed by atoms with van der Waals surface area (Å²) in [4.78, 5) is 36.0. The molecule has 0 saturated heterocycles. The summed E-state index contributed by atoms with van der Waals surface area (Å²) in [5.41, 5.74) is 3.18. The van der Waals surface area contributed by atoms with E-state index < -0.39 is 0 Å². The molecule has 28 heavy (non-hydrogen) atoms. The van der Waals surface area contributed by atoms with E-state index in [1.54, 1.807) is 24.4 Å². The maximum Gasteiger partial charge on any atom is 0.244 e. The Morgan fingerprint density at radius 3 is 2.50 bits per heavy atom. The molecule has 0 fully saturated rings. The molecule has 1 aliphatic rings. The van der Waals surface area contributed by atoms with E-state index in [2.05, 4.69) is 15.3 Å². The quantitative estimate of drug-likeness (QED) is 0.763. The Bertz CT molecular complexity index is 1030. The third kappa shape index (κ3) is 3.81. The molecule has 138 valence electrons. The molecular weight excluding hydrogens is 352 g/mol. The number of anilines is 2. The predicted octanol–water partition coefficient (Wildman–Crippen LogP) is 3.58. The Kier molecular flexibility index (Phi) is 4.93. The highest BCUT2D eigenvalue weighted by molar-refractivity contribution is 6.18. The number of amides is 2. The Morgan fingerprint density at radius 2 is 1.71 bits per heavy atom. The molecule has 2 amide bonds. The van der Waals surface area contributed by atoms with Crippen molar-refractivity contribution >= 4 is 34.6 Å². The topological polar surface area (TPSA) is 74.7 Å². The number of rotatable bonds is 4. The van der Waals surface area contributed by atoms with Crippen LogP contribution in [0.2, 0.25) is 0 Å². The molecule has 0 saturated carbocycles. The van der Waals surface area contributed by atoms with Crippen molar-refractivity contribution in [3.8, 4) is 0 Å². The lowest BCUT2D eigenvalue weighted by atomic mass is 10.1. The summed E-state index contributed by atoms with van der Waals surface area (Å²) in [6.07, 6.45) is 1.74. The number of pyridine rings is 1. The number of para-hydroxylation sites is 3. The predicted molar refractivity (Wildman–Crippen MR) is 109 cm³/mol. The Hall–Kier alpha value is -3.80. The lowest BCUT2D eigenvalue weighted by molar-refractivity contribution is -0.120. The average Bonchev–Trinajstić information content (AvgIpc) is 2.86. The smallest absolute Gasteiger partial charge is 0.244 e. The number of nitrogens with zero attached hydrogens (tertiary/aromatic N) is 3. The van der Waals surface area contributed by atoms with E-state index in [1.807, 2.05) is 54.6 Å². The molecule has 0 atom stereocenters. The number of aromatic nitrogens is 1. The van der Waals surface area contributed by atoms with Gasteiger partial charge in [-0.05, 0) is 36.4 Å². The maximum absolute atomic E-state index is 13.0. The SMILES string of the molecule is O=C(CN1C(=O)CC(c2ccccn2)=Nc2ccccc21)Nc1ccccc1. The number of hydrogen-bond donors (Lipinski definition) is 1. The molecule has 1 aromatic heterocycles. The van der Waals surface area contributed by atoms with Crippen molar-refractivity contribution < 1.29 is 9.59 Å². The number of benzene rings is 2. The lowest BCUT2D eigenvalue weighted by Gasteiger charge is -2.21. The van der Waals surface area contributed by atoms with E-state index in [9.17, 15) is 9.59 Å². The summed E-state index contributed by atoms with van der Waals surface area (Å²) in [6, 6.07) is 22.0. The van der Waals surface area contributed by atoms with Gasteiger partial charge in [0.25, 0.3) is 0 Å². The third-order valence-corrected chi connectivity index (χ3v) is 4.37. The zero-order valence-electron chi connectivity index (χ0n) is 15.1. The van der Waals surface area contributed by atoms with E-state index >= 15 is 0 Å². The fourth-order valence-corrected chi connectivity index (χ4v) is 3.07. The number of fused-ring (bicyclic) bond motifs is 1. The highest BCUT2D eigenvalue weighted by atomic mass is 16.2. The molecular formula is C22H18N4O2. The third-order valence-electron chi connectivity index (χ3n) is 4.37. The molecule has 0 spiro atoms. The molecule has 0 aliphatic carbocycles. The molecule has 3 aromatic rings. The van der Waals surface area contributed by atoms with Gasteiger partial charge in [-0.15, -0.1) is 0 Å². The Labute approximate surface area is 162 Å². The fourth-order valence-electron chi connectivity index (χ4n) is 3.07. The summed E-state index contributed by atoms with van der Waals surface area (Å²) in [7, 11) is 0. The van der Waals surface area contributed by atoms with Gasteiger partial charge in [-0.25, -0.2) is 4.99 Å². The highest BCUT2D eigenvalue weighted by Crippen LogP contribution is 2.32. The summed E-state index contributed by atoms with van der Waals surface area (Å²) in [6.45, 7) is -0.0875. The first-order valence-electron chi connectivity index (χ1n) is 8.94. The molecule has 0 unspecified atom stereocenters. The zero-order chi connectivity index (χ0) is 19.3. The standard InChI is InChI=1S/C22H18N4O2/c27-21(24-16-8-2-1-3-9-16)15-26-20-12-5-4-11-18(20)25-19(14-22(26)28)17-10-6-7-13-23-17/h1-13H,14-15H2,(H,24,27). The van der Waals surface area contributed by atoms with E-state index in [1.165, 1.54) is 4.90 Å². The van der Waals surface area contributed by atoms with Crippen LogP contribution in [-0.4, -0.2) is 29.1 Å². The number of hydrogen-bond acceptors (Lipinski definition) is 4. The first-order chi connectivity index (χ1) is 13.7. The number of carbonyl (C=O) groups excluding carboxylic acids is 2. The second kappa shape index (κ2) is 7.84. The van der Waals surface area contributed by atoms with Crippen LogP contribution in [-0.2, 0) is 9.59 Å². The molecule has 1 N–H and O–H groups in total. The minimum Gasteiger partial charge on any atom is -0.325 e. The molecule has 4 rings (SSSR count). The van der Waals surface area contributed by atoms with Crippen molar-refractivity contribution in [1.29, 1.82) is 0 Å². The van der Waals surface area contributed by atoms with Crippen molar-refractivity contribution in [3.63, 3.8) is 0 Å². The first kappa shape index (κ1) is 17.6. The van der Waals surface area contributed by atoms with Gasteiger partial charge in [0, 0.05) is 11.9 Å². The molecule has 0 bridgehead atoms. The monoisotopic (exact) mass is 370 g/mol. The summed E-state index contributed by atoms with van der Waals surface area (Å²) in [5.74, 6) is -0.465. The summed E-state index contributed by atoms with van der Waals surface area (Å²) >= 11 is 0. The Morgan fingerprint density at radius 1 is 0.964 bits per heavy atom. The minimum absolute atomic E-state index is 0.0737. The van der Waals surface area contributed by atoms with Gasteiger partial charge in [0.05, 0.1) is 29.2 Å². The van der Waals surface area contributed by atoms with E-state index in [-0.39, 0.29) is 24.8 Å². The normalized spacial score (nSPS) is 13.4. The molecule has 0 radical (unpaired) electrons. The fraction of sp³-hybridized carbons (Fsp3) is 0.0909. The van der Waals surface area contributed by atoms with Crippen molar-refractivity contribution in [2.75, 3.05) is 16.8 Å². The second-order valence-electron chi connectivity index (χ2n) is 6.33. The minimum atomic E-state index is -0.268. The van der Waals surface area contributed by atoms with Crippen LogP contribution < -0.4 is 10.2 Å². The van der Waals surface area contributed by atoms with Crippen LogP contribution in [0, 0.1) is 0 Å². The molecule has 2 aromatic carbocycles. The lowest BCUT2D eigenvalue weighted by Crippen LogP contribution is -2.38. The van der Waals surface area contributed by atoms with Crippen LogP contribution in [0.1, 0.15) is 12.1 Å². The average molecular weight is 370 g/mol. The zero-order valence-corrected chi connectivity index (χ0v) is 15.1. The number of nitrogens with one attached hydrogen (secondary N) is 1. The van der Waals surface area contributed by atoms with Crippen molar-refractivity contribution in [3.05, 3.63) is 84.7 Å². The largest absolute Gasteiger partial charge is 0.325 e. The van der Waals surface area contributed by atoms with Crippen LogP contribution in [0.5, 0.6) is 0 Å². The molecule has 6 heteroatoms. The van der Waals surface area contributed by atoms with E-state index in [0.717, 1.165) is 0 Å². The van der Waals surface area contributed by atoms with Crippen LogP contribution >= 0.6 is 0 Å². The number of aliphatic imine (C=N–C) groups is 1. The maximum atomic E-state index is 13.0. The second-order valence-corrected chi connectivity index (χ2v) is 6.33. The number of carbonyl (C=O) groups is 2. The van der Waals surface area contributed by atoms with Crippen molar-refractivity contribution in [2.24, 2.45) is 4.99 Å². The van der Waals surface area contributed by atoms with Crippen LogP contribution in [0.15, 0.2) is 84.0 Å². The van der Waals surface area contributed by atoms with Gasteiger partial charge < -0.3 is 10.2 Å². The van der Waals surface area contributed by atoms with Crippen LogP contribution in [0.25, 0.3) is 0 Å². The van der Waals surface area contributed by atoms with Gasteiger partial charge in [-0.3, -0.25) is 14.6 Å². The van der Waals surface area contributed by atoms with Gasteiger partial charge >= 0.3 is 0 Å². The van der Waals surface area contributed by atoms with Gasteiger partial charge in [0.15, 0.2) is 0 Å². The highest BCUT2D eigenvalue weighted by Gasteiger charge is 2.26. The van der Waals surface area contributed by atoms with E-state index in [0.29, 0.717) is 28.5 Å². The molecule has 1 aliphatic heterocycles. The molecule has 6 nitrogen and oxygen atoms in total. The van der Waals surface area contributed by atoms with Crippen molar-refractivity contribution in [1.82, 2.24) is 4.98 Å². The van der Waals surface area contributed by atoms with Crippen LogP contribution in [0.3, 0.4) is 0 Å². The van der Waals surface area contributed by atoms with Gasteiger partial charge in [0.1, 0.15) is 6.54 Å². The van der Waals surface area contributed by atoms with Gasteiger partial charge in [-0.2, -0.15) is 0 Å². The molecule has 2 heterocycles. The Balaban J connectivity index is 1.62. The summed E-state index contributed by atoms with van der Waals surface area (Å²) < 4.78 is 0. The van der Waals surface area contributed by atoms with Crippen molar-refractivity contribution in [2.45, 2.75) is 6.42 Å². The van der Waals surface area contributed by atoms with E-state index in [4.69, 9.17) is 0 Å². The summed E-state index contributed by atoms with van der Waals surface area (Å²) in [5, 5.41) is 2.82. The van der Waals surface area contributed by atoms with Gasteiger partial charge in [0.2, 0.25) is 11.8 Å². The van der Waals surface area contributed by atoms with Crippen LogP contribution in [0.4, 0.5) is 17.1 Å². The van der Waals surface area contributed by atoms with Gasteiger partial charge in [-0.1, -0.05) is 36.4 Å². The first-order valence-corrected chi connectivity index (χ1v) is 8.94.